The van der Waals surface area contributed by atoms with Crippen LogP contribution >= 0.6 is 11.8 Å². The number of carbonyl (C=O) groups is 4. The highest BCUT2D eigenvalue weighted by atomic mass is 32.2. The first-order valence-electron chi connectivity index (χ1n) is 11.4. The number of ether oxygens (including phenoxy) is 2. The summed E-state index contributed by atoms with van der Waals surface area (Å²) in [6.07, 6.45) is 2.81. The molecule has 2 heterocycles. The van der Waals surface area contributed by atoms with Crippen LogP contribution in [-0.2, 0) is 25.5 Å². The molecule has 2 saturated heterocycles. The Morgan fingerprint density at radius 2 is 1.92 bits per heavy atom. The van der Waals surface area contributed by atoms with Crippen molar-refractivity contribution in [3.8, 4) is 11.5 Å². The normalized spacial score (nSPS) is 19.0. The minimum atomic E-state index is -1.26. The second-order valence-corrected chi connectivity index (χ2v) is 9.33. The van der Waals surface area contributed by atoms with Crippen molar-refractivity contribution in [2.45, 2.75) is 31.3 Å². The number of halogens is 2. The molecule has 3 N–H and O–H groups in total. The number of imide groups is 1. The van der Waals surface area contributed by atoms with Crippen LogP contribution in [0.4, 0.5) is 13.6 Å². The average Bonchev–Trinajstić information content (AvgIpc) is 3.53. The molecule has 0 aromatic heterocycles. The molecule has 3 amide bonds. The first kappa shape index (κ1) is 26.3. The van der Waals surface area contributed by atoms with Gasteiger partial charge in [-0.05, 0) is 67.1 Å². The Labute approximate surface area is 215 Å². The first-order chi connectivity index (χ1) is 17.7. The molecule has 0 aliphatic carbocycles. The lowest BCUT2D eigenvalue weighted by Gasteiger charge is -2.19. The third kappa shape index (κ3) is 6.33. The molecule has 2 fully saturated rings. The van der Waals surface area contributed by atoms with Crippen molar-refractivity contribution in [2.75, 3.05) is 13.7 Å². The van der Waals surface area contributed by atoms with Crippen LogP contribution in [0.2, 0.25) is 0 Å². The predicted octanol–water partition coefficient (Wildman–Crippen LogP) is 3.03. The molecular weight excluding hydrogens is 508 g/mol. The van der Waals surface area contributed by atoms with E-state index >= 15 is 0 Å². The Balaban J connectivity index is 1.43. The molecule has 2 aliphatic rings. The molecule has 194 valence electrons. The number of amides is 3. The van der Waals surface area contributed by atoms with Gasteiger partial charge in [0.25, 0.3) is 11.1 Å². The minimum absolute atomic E-state index is 0.0477. The van der Waals surface area contributed by atoms with Crippen LogP contribution in [0.25, 0.3) is 6.08 Å². The predicted molar refractivity (Wildman–Crippen MR) is 131 cm³/mol. The maximum atomic E-state index is 14.6. The fourth-order valence-electron chi connectivity index (χ4n) is 3.87. The van der Waals surface area contributed by atoms with Crippen LogP contribution < -0.4 is 20.7 Å². The number of esters is 1. The van der Waals surface area contributed by atoms with Gasteiger partial charge in [-0.1, -0.05) is 12.1 Å². The van der Waals surface area contributed by atoms with Gasteiger partial charge in [0.05, 0.1) is 18.1 Å². The van der Waals surface area contributed by atoms with E-state index in [1.54, 1.807) is 12.1 Å². The van der Waals surface area contributed by atoms with E-state index < -0.39 is 34.8 Å². The Hall–Kier alpha value is -3.77. The van der Waals surface area contributed by atoms with Crippen molar-refractivity contribution in [3.05, 3.63) is 64.1 Å². The quantitative estimate of drug-likeness (QED) is 0.351. The number of nitrogens with one attached hydrogen (secondary N) is 3. The number of methoxy groups -OCH3 is 1. The molecule has 12 heteroatoms. The summed E-state index contributed by atoms with van der Waals surface area (Å²) in [5, 5.41) is 7.24. The van der Waals surface area contributed by atoms with Gasteiger partial charge in [0.2, 0.25) is 11.7 Å². The van der Waals surface area contributed by atoms with Gasteiger partial charge in [-0.15, -0.1) is 0 Å². The Bertz CT molecular complexity index is 1260. The minimum Gasteiger partial charge on any atom is -0.467 e. The van der Waals surface area contributed by atoms with Gasteiger partial charge in [-0.2, -0.15) is 4.39 Å². The zero-order valence-electron chi connectivity index (χ0n) is 19.6. The smallest absolute Gasteiger partial charge is 0.328 e. The fourth-order valence-corrected chi connectivity index (χ4v) is 4.54. The number of rotatable bonds is 8. The maximum absolute atomic E-state index is 14.6. The summed E-state index contributed by atoms with van der Waals surface area (Å²) in [6, 6.07) is 7.49. The topological polar surface area (TPSA) is 123 Å². The van der Waals surface area contributed by atoms with Crippen molar-refractivity contribution in [2.24, 2.45) is 0 Å². The maximum Gasteiger partial charge on any atom is 0.328 e. The molecule has 2 aromatic carbocycles. The van der Waals surface area contributed by atoms with Crippen molar-refractivity contribution in [1.82, 2.24) is 16.0 Å². The summed E-state index contributed by atoms with van der Waals surface area (Å²) in [4.78, 5) is 47.5. The van der Waals surface area contributed by atoms with Gasteiger partial charge in [-0.3, -0.25) is 19.7 Å². The summed E-state index contributed by atoms with van der Waals surface area (Å²) in [5.41, 5.74) is 0.467. The Kier molecular flexibility index (Phi) is 8.19. The zero-order valence-corrected chi connectivity index (χ0v) is 20.5. The van der Waals surface area contributed by atoms with Gasteiger partial charge in [-0.25, -0.2) is 9.18 Å². The highest BCUT2D eigenvalue weighted by Crippen LogP contribution is 2.31. The lowest BCUT2D eigenvalue weighted by Crippen LogP contribution is -2.49. The van der Waals surface area contributed by atoms with Gasteiger partial charge in [0.1, 0.15) is 11.8 Å². The molecule has 2 atom stereocenters. The van der Waals surface area contributed by atoms with Crippen molar-refractivity contribution < 1.29 is 37.4 Å². The Morgan fingerprint density at radius 1 is 1.16 bits per heavy atom. The largest absolute Gasteiger partial charge is 0.467 e. The third-order valence-corrected chi connectivity index (χ3v) is 6.59. The van der Waals surface area contributed by atoms with Crippen LogP contribution in [0, 0.1) is 11.6 Å². The SMILES string of the molecule is COC(=O)C(Cc1ccc(Oc2ccc(C=C3SC(=O)NC3=O)c(F)c2F)cc1)NC(=O)C1CCCN1. The standard InChI is InChI=1S/C25H23F2N3O6S/c1-35-24(33)17(29-22(31)16-3-2-10-28-16)11-13-4-7-15(8-5-13)36-18-9-6-14(20(26)21(18)27)12-19-23(32)30-25(34)37-19/h4-9,12,16-17,28H,2-3,10-11H2,1H3,(H,29,31)(H,30,32,34). The highest BCUT2D eigenvalue weighted by molar-refractivity contribution is 8.18. The van der Waals surface area contributed by atoms with E-state index in [9.17, 15) is 28.0 Å². The monoisotopic (exact) mass is 531 g/mol. The molecule has 4 rings (SSSR count). The molecule has 0 spiro atoms. The van der Waals surface area contributed by atoms with E-state index in [0.29, 0.717) is 23.7 Å². The summed E-state index contributed by atoms with van der Waals surface area (Å²) in [5.74, 6) is -4.21. The van der Waals surface area contributed by atoms with E-state index in [4.69, 9.17) is 9.47 Å². The lowest BCUT2D eigenvalue weighted by atomic mass is 10.0. The van der Waals surface area contributed by atoms with Crippen molar-refractivity contribution in [3.63, 3.8) is 0 Å². The number of thioether (sulfide) groups is 1. The van der Waals surface area contributed by atoms with Crippen LogP contribution in [-0.4, -0.2) is 48.8 Å². The highest BCUT2D eigenvalue weighted by Gasteiger charge is 2.28. The third-order valence-electron chi connectivity index (χ3n) is 5.78. The molecule has 2 aliphatic heterocycles. The second kappa shape index (κ2) is 11.5. The van der Waals surface area contributed by atoms with E-state index in [1.165, 1.54) is 31.4 Å². The number of carbonyl (C=O) groups excluding carboxylic acids is 4. The molecule has 0 radical (unpaired) electrons. The van der Waals surface area contributed by atoms with E-state index in [-0.39, 0.29) is 40.3 Å². The van der Waals surface area contributed by atoms with Crippen LogP contribution in [0.1, 0.15) is 24.0 Å². The van der Waals surface area contributed by atoms with Gasteiger partial charge in [0.15, 0.2) is 11.6 Å². The van der Waals surface area contributed by atoms with Crippen molar-refractivity contribution >= 4 is 40.9 Å². The first-order valence-corrected chi connectivity index (χ1v) is 12.2. The van der Waals surface area contributed by atoms with E-state index in [2.05, 4.69) is 10.6 Å². The summed E-state index contributed by atoms with van der Waals surface area (Å²) in [7, 11) is 1.24. The summed E-state index contributed by atoms with van der Waals surface area (Å²) >= 11 is 0.594. The zero-order chi connectivity index (χ0) is 26.5. The number of hydrogen-bond acceptors (Lipinski definition) is 8. The molecule has 0 saturated carbocycles. The Morgan fingerprint density at radius 3 is 2.54 bits per heavy atom. The van der Waals surface area contributed by atoms with Crippen LogP contribution in [0.5, 0.6) is 11.5 Å². The van der Waals surface area contributed by atoms with E-state index in [0.717, 1.165) is 19.0 Å². The molecular formula is C25H23F2N3O6S. The summed E-state index contributed by atoms with van der Waals surface area (Å²) < 4.78 is 39.5. The lowest BCUT2D eigenvalue weighted by molar-refractivity contribution is -0.145. The van der Waals surface area contributed by atoms with Gasteiger partial charge < -0.3 is 20.1 Å². The molecule has 0 bridgehead atoms. The number of hydrogen-bond donors (Lipinski definition) is 3. The second-order valence-electron chi connectivity index (χ2n) is 8.32. The van der Waals surface area contributed by atoms with Crippen LogP contribution in [0.15, 0.2) is 41.3 Å². The molecule has 9 nitrogen and oxygen atoms in total. The molecule has 2 aromatic rings. The van der Waals surface area contributed by atoms with Gasteiger partial charge >= 0.3 is 5.97 Å². The molecule has 37 heavy (non-hydrogen) atoms. The van der Waals surface area contributed by atoms with Gasteiger partial charge in [0, 0.05) is 12.0 Å². The van der Waals surface area contributed by atoms with E-state index in [1.807, 2.05) is 5.32 Å². The molecule has 2 unspecified atom stereocenters. The van der Waals surface area contributed by atoms with Crippen molar-refractivity contribution in [1.29, 1.82) is 0 Å². The van der Waals surface area contributed by atoms with Crippen LogP contribution in [0.3, 0.4) is 0 Å². The fraction of sp³-hybridized carbons (Fsp3) is 0.280. The number of benzene rings is 2. The summed E-state index contributed by atoms with van der Waals surface area (Å²) in [6.45, 7) is 0.741. The average molecular weight is 532 g/mol.